The van der Waals surface area contributed by atoms with Crippen molar-refractivity contribution in [2.24, 2.45) is 11.8 Å². The van der Waals surface area contributed by atoms with E-state index in [1.165, 1.54) is 0 Å². The van der Waals surface area contributed by atoms with Crippen molar-refractivity contribution < 1.29 is 9.53 Å². The molecule has 0 spiro atoms. The van der Waals surface area contributed by atoms with Crippen molar-refractivity contribution in [1.29, 1.82) is 0 Å². The summed E-state index contributed by atoms with van der Waals surface area (Å²) in [5, 5.41) is 0.987. The van der Waals surface area contributed by atoms with Crippen molar-refractivity contribution >= 4 is 33.9 Å². The molecule has 2 aliphatic rings. The fourth-order valence-electron chi connectivity index (χ4n) is 5.43. The molecule has 1 saturated heterocycles. The van der Waals surface area contributed by atoms with Gasteiger partial charge in [-0.15, -0.1) is 0 Å². The van der Waals surface area contributed by atoms with E-state index in [2.05, 4.69) is 43.0 Å². The number of carbonyl (C=O) groups is 1. The van der Waals surface area contributed by atoms with Crippen LogP contribution in [0.15, 0.2) is 65.5 Å². The molecule has 0 bridgehead atoms. The molecule has 1 unspecified atom stereocenters. The van der Waals surface area contributed by atoms with Gasteiger partial charge in [-0.25, -0.2) is 0 Å². The number of aryl methyl sites for hydroxylation is 1. The zero-order valence-corrected chi connectivity index (χ0v) is 21.4. The Kier molecular flexibility index (Phi) is 6.97. The van der Waals surface area contributed by atoms with Crippen LogP contribution < -0.4 is 15.4 Å². The van der Waals surface area contributed by atoms with E-state index in [0.29, 0.717) is 38.0 Å². The van der Waals surface area contributed by atoms with Crippen LogP contribution >= 0.6 is 0 Å². The molecule has 2 aliphatic heterocycles. The molecule has 1 fully saturated rings. The monoisotopic (exact) mass is 485 g/mol. The molecule has 3 heterocycles. The van der Waals surface area contributed by atoms with Gasteiger partial charge in [0.1, 0.15) is 0 Å². The molecule has 36 heavy (non-hydrogen) atoms. The third kappa shape index (κ3) is 4.58. The van der Waals surface area contributed by atoms with Crippen LogP contribution in [0.2, 0.25) is 0 Å². The number of hydrogen-bond acceptors (Lipinski definition) is 4. The van der Waals surface area contributed by atoms with Crippen LogP contribution in [-0.4, -0.2) is 36.8 Å². The number of nitrogens with zero attached hydrogens (tertiary/aromatic N) is 3. The van der Waals surface area contributed by atoms with Crippen molar-refractivity contribution in [3.8, 4) is 0 Å². The molecule has 5 rings (SSSR count). The zero-order valence-electron chi connectivity index (χ0n) is 21.4. The van der Waals surface area contributed by atoms with Crippen LogP contribution in [-0.2, 0) is 16.1 Å². The highest BCUT2D eigenvalue weighted by atomic mass is 16.5. The number of morpholine rings is 1. The number of pyridine rings is 1. The Labute approximate surface area is 212 Å². The number of benzene rings is 2. The minimum absolute atomic E-state index is 0.00487. The van der Waals surface area contributed by atoms with E-state index >= 15 is 0 Å². The summed E-state index contributed by atoms with van der Waals surface area (Å²) in [5.41, 5.74) is 4.61. The Balaban J connectivity index is 1.71. The van der Waals surface area contributed by atoms with Crippen LogP contribution in [0.3, 0.4) is 0 Å². The molecule has 6 nitrogen and oxygen atoms in total. The molecule has 0 radical (unpaired) electrons. The first kappa shape index (κ1) is 24.3. The number of anilines is 2. The van der Waals surface area contributed by atoms with E-state index in [-0.39, 0.29) is 11.5 Å². The van der Waals surface area contributed by atoms with E-state index in [1.807, 2.05) is 42.2 Å². The van der Waals surface area contributed by atoms with Crippen LogP contribution in [0.4, 0.5) is 11.4 Å². The van der Waals surface area contributed by atoms with Crippen LogP contribution in [0.1, 0.15) is 39.2 Å². The van der Waals surface area contributed by atoms with Gasteiger partial charge in [0.25, 0.3) is 5.56 Å². The molecule has 6 heteroatoms. The van der Waals surface area contributed by atoms with E-state index in [4.69, 9.17) is 4.74 Å². The second-order valence-electron chi connectivity index (χ2n) is 10.0. The molecule has 188 valence electrons. The lowest BCUT2D eigenvalue weighted by Crippen LogP contribution is -2.37. The maximum Gasteiger partial charge on any atom is 0.253 e. The molecular formula is C30H35N3O3. The predicted octanol–water partition coefficient (Wildman–Crippen LogP) is 5.30. The molecule has 0 saturated carbocycles. The Morgan fingerprint density at radius 3 is 2.44 bits per heavy atom. The Morgan fingerprint density at radius 2 is 1.75 bits per heavy atom. The highest BCUT2D eigenvalue weighted by Gasteiger charge is 2.28. The van der Waals surface area contributed by atoms with E-state index in [0.717, 1.165) is 53.0 Å². The Bertz CT molecular complexity index is 1340. The average molecular weight is 486 g/mol. The fourth-order valence-corrected chi connectivity index (χ4v) is 5.43. The van der Waals surface area contributed by atoms with E-state index in [9.17, 15) is 9.59 Å². The first-order chi connectivity index (χ1) is 17.5. The predicted molar refractivity (Wildman–Crippen MR) is 146 cm³/mol. The number of aromatic nitrogens is 1. The second kappa shape index (κ2) is 10.3. The summed E-state index contributed by atoms with van der Waals surface area (Å²) >= 11 is 0. The van der Waals surface area contributed by atoms with E-state index in [1.54, 1.807) is 10.6 Å². The van der Waals surface area contributed by atoms with Crippen molar-refractivity contribution in [2.75, 3.05) is 36.1 Å². The van der Waals surface area contributed by atoms with Crippen LogP contribution in [0.5, 0.6) is 0 Å². The van der Waals surface area contributed by atoms with Crippen molar-refractivity contribution in [2.45, 2.75) is 40.2 Å². The van der Waals surface area contributed by atoms with Gasteiger partial charge in [0, 0.05) is 43.2 Å². The number of ether oxygens (including phenoxy) is 1. The summed E-state index contributed by atoms with van der Waals surface area (Å²) in [6.45, 7) is 9.78. The van der Waals surface area contributed by atoms with Gasteiger partial charge < -0.3 is 14.2 Å². The van der Waals surface area contributed by atoms with Gasteiger partial charge in [-0.2, -0.15) is 0 Å². The quantitative estimate of drug-likeness (QED) is 0.492. The Morgan fingerprint density at radius 1 is 1.00 bits per heavy atom. The lowest BCUT2D eigenvalue weighted by molar-refractivity contribution is -0.118. The topological polar surface area (TPSA) is 54.8 Å². The first-order valence-electron chi connectivity index (χ1n) is 13.1. The number of carbonyl (C=O) groups excluding carboxylic acids is 1. The third-order valence-corrected chi connectivity index (χ3v) is 7.48. The lowest BCUT2D eigenvalue weighted by Gasteiger charge is -2.31. The van der Waals surface area contributed by atoms with Gasteiger partial charge in [-0.3, -0.25) is 14.5 Å². The van der Waals surface area contributed by atoms with Gasteiger partial charge in [-0.1, -0.05) is 50.3 Å². The molecule has 1 atom stereocenters. The highest BCUT2D eigenvalue weighted by Crippen LogP contribution is 2.37. The second-order valence-corrected chi connectivity index (χ2v) is 10.0. The van der Waals surface area contributed by atoms with Gasteiger partial charge in [0.05, 0.1) is 30.1 Å². The summed E-state index contributed by atoms with van der Waals surface area (Å²) in [6.07, 6.45) is 3.62. The van der Waals surface area contributed by atoms with Gasteiger partial charge in [0.2, 0.25) is 5.91 Å². The van der Waals surface area contributed by atoms with Crippen LogP contribution in [0, 0.1) is 11.8 Å². The third-order valence-electron chi connectivity index (χ3n) is 7.48. The SMILES string of the molecule is CCn1c(=O)cc(N2CCOCC2)c2cc(N3C(=O)CCC(C(C)C)C=C3c3ccccc3)ccc21. The maximum atomic E-state index is 13.7. The molecule has 0 aliphatic carbocycles. The fraction of sp³-hybridized carbons (Fsp3) is 0.400. The highest BCUT2D eigenvalue weighted by molar-refractivity contribution is 6.08. The minimum atomic E-state index is -0.00487. The smallest absolute Gasteiger partial charge is 0.253 e. The van der Waals surface area contributed by atoms with Gasteiger partial charge in [-0.05, 0) is 48.9 Å². The van der Waals surface area contributed by atoms with Crippen molar-refractivity contribution in [1.82, 2.24) is 4.57 Å². The molecule has 0 N–H and O–H groups in total. The Hall–Kier alpha value is -3.38. The van der Waals surface area contributed by atoms with Gasteiger partial charge >= 0.3 is 0 Å². The first-order valence-corrected chi connectivity index (χ1v) is 13.1. The largest absolute Gasteiger partial charge is 0.378 e. The van der Waals surface area contributed by atoms with Gasteiger partial charge in [0.15, 0.2) is 0 Å². The van der Waals surface area contributed by atoms with Crippen molar-refractivity contribution in [3.05, 3.63) is 76.6 Å². The number of rotatable bonds is 5. The minimum Gasteiger partial charge on any atom is -0.378 e. The molecule has 1 aromatic heterocycles. The number of amides is 1. The summed E-state index contributed by atoms with van der Waals surface area (Å²) < 4.78 is 7.36. The van der Waals surface area contributed by atoms with Crippen LogP contribution in [0.25, 0.3) is 16.6 Å². The standard InChI is InChI=1S/C30H35N3O3/c1-4-32-26-12-11-24(19-25(26)28(20-30(32)35)31-14-16-36-17-15-31)33-27(22-8-6-5-7-9-22)18-23(21(2)3)10-13-29(33)34/h5-9,11-12,18-21,23H,4,10,13-17H2,1-3H3. The zero-order chi connectivity index (χ0) is 25.2. The molecular weight excluding hydrogens is 450 g/mol. The molecule has 2 aromatic carbocycles. The maximum absolute atomic E-state index is 13.7. The normalized spacial score (nSPS) is 19.1. The number of hydrogen-bond donors (Lipinski definition) is 0. The number of fused-ring (bicyclic) bond motifs is 1. The molecule has 1 amide bonds. The summed E-state index contributed by atoms with van der Waals surface area (Å²) in [7, 11) is 0. The molecule has 3 aromatic rings. The summed E-state index contributed by atoms with van der Waals surface area (Å²) in [5.74, 6) is 0.869. The lowest BCUT2D eigenvalue weighted by atomic mass is 9.90. The van der Waals surface area contributed by atoms with Crippen molar-refractivity contribution in [3.63, 3.8) is 0 Å². The number of allylic oxidation sites excluding steroid dienone is 1. The van der Waals surface area contributed by atoms with E-state index < -0.39 is 0 Å². The summed E-state index contributed by atoms with van der Waals surface area (Å²) in [6, 6.07) is 18.0. The average Bonchev–Trinajstić information content (AvgIpc) is 3.08. The summed E-state index contributed by atoms with van der Waals surface area (Å²) in [4.78, 5) is 30.8.